The van der Waals surface area contributed by atoms with E-state index in [4.69, 9.17) is 15.9 Å². The van der Waals surface area contributed by atoms with E-state index in [9.17, 15) is 0 Å². The van der Waals surface area contributed by atoms with Gasteiger partial charge in [-0.05, 0) is 18.2 Å². The number of methoxy groups -OCH3 is 1. The number of hydrogen-bond acceptors (Lipinski definition) is 2. The van der Waals surface area contributed by atoms with Gasteiger partial charge in [0.2, 0.25) is 0 Å². The van der Waals surface area contributed by atoms with Crippen molar-refractivity contribution in [3.63, 3.8) is 0 Å². The molecule has 0 bridgehead atoms. The summed E-state index contributed by atoms with van der Waals surface area (Å²) in [6.07, 6.45) is 6.80. The third-order valence-corrected chi connectivity index (χ3v) is 1.75. The normalized spacial score (nSPS) is 8.86. The predicted octanol–water partition coefficient (Wildman–Crippen LogP) is 2.35. The number of terminal acetylenes is 1. The van der Waals surface area contributed by atoms with Gasteiger partial charge in [0.15, 0.2) is 0 Å². The van der Waals surface area contributed by atoms with Crippen LogP contribution in [0, 0.1) is 12.3 Å². The van der Waals surface area contributed by atoms with E-state index in [1.54, 1.807) is 13.2 Å². The van der Waals surface area contributed by atoms with E-state index in [0.717, 1.165) is 17.1 Å². The number of ether oxygens (including phenoxy) is 2. The lowest BCUT2D eigenvalue weighted by Gasteiger charge is -2.08. The molecule has 0 N–H and O–H groups in total. The molecular weight excluding hydrogens is 176 g/mol. The van der Waals surface area contributed by atoms with Crippen LogP contribution in [0.4, 0.5) is 0 Å². The molecule has 14 heavy (non-hydrogen) atoms. The molecule has 0 aliphatic rings. The fourth-order valence-corrected chi connectivity index (χ4v) is 1.06. The van der Waals surface area contributed by atoms with Crippen LogP contribution in [0.5, 0.6) is 11.5 Å². The molecule has 72 valence electrons. The summed E-state index contributed by atoms with van der Waals surface area (Å²) in [5, 5.41) is 0. The van der Waals surface area contributed by atoms with Gasteiger partial charge in [-0.3, -0.25) is 0 Å². The molecule has 1 rings (SSSR count). The van der Waals surface area contributed by atoms with Crippen molar-refractivity contribution in [3.8, 4) is 23.8 Å². The third kappa shape index (κ3) is 2.30. The van der Waals surface area contributed by atoms with Gasteiger partial charge in [-0.2, -0.15) is 0 Å². The summed E-state index contributed by atoms with van der Waals surface area (Å²) in [6.45, 7) is 3.94. The first-order valence-corrected chi connectivity index (χ1v) is 4.18. The molecule has 0 heterocycles. The average Bonchev–Trinajstić information content (AvgIpc) is 2.26. The number of rotatable bonds is 4. The first-order valence-electron chi connectivity index (χ1n) is 4.18. The molecule has 0 atom stereocenters. The molecule has 0 saturated heterocycles. The van der Waals surface area contributed by atoms with E-state index in [-0.39, 0.29) is 6.61 Å². The lowest BCUT2D eigenvalue weighted by molar-refractivity contribution is 0.367. The van der Waals surface area contributed by atoms with Crippen LogP contribution in [-0.4, -0.2) is 13.7 Å². The van der Waals surface area contributed by atoms with Gasteiger partial charge in [-0.15, -0.1) is 6.42 Å². The molecule has 0 saturated carbocycles. The van der Waals surface area contributed by atoms with E-state index in [1.807, 2.05) is 18.2 Å². The van der Waals surface area contributed by atoms with Gasteiger partial charge in [0, 0.05) is 5.56 Å². The van der Waals surface area contributed by atoms with E-state index in [2.05, 4.69) is 12.5 Å². The quantitative estimate of drug-likeness (QED) is 0.675. The Bertz CT molecular complexity index is 361. The Morgan fingerprint density at radius 3 is 2.93 bits per heavy atom. The minimum absolute atomic E-state index is 0.257. The summed E-state index contributed by atoms with van der Waals surface area (Å²) >= 11 is 0. The van der Waals surface area contributed by atoms with Crippen molar-refractivity contribution in [2.45, 2.75) is 0 Å². The van der Waals surface area contributed by atoms with Crippen molar-refractivity contribution in [2.75, 3.05) is 13.7 Å². The topological polar surface area (TPSA) is 18.5 Å². The standard InChI is InChI=1S/C12H12O2/c1-4-8-14-12-7-6-11(13-3)9-10(12)5-2/h1,5-7,9H,2,8H2,3H3. The van der Waals surface area contributed by atoms with Crippen molar-refractivity contribution >= 4 is 6.08 Å². The lowest BCUT2D eigenvalue weighted by atomic mass is 10.2. The van der Waals surface area contributed by atoms with E-state index >= 15 is 0 Å². The van der Waals surface area contributed by atoms with Gasteiger partial charge < -0.3 is 9.47 Å². The highest BCUT2D eigenvalue weighted by atomic mass is 16.5. The van der Waals surface area contributed by atoms with Crippen molar-refractivity contribution in [1.29, 1.82) is 0 Å². The molecule has 0 unspecified atom stereocenters. The summed E-state index contributed by atoms with van der Waals surface area (Å²) in [6, 6.07) is 5.48. The minimum atomic E-state index is 0.257. The Morgan fingerprint density at radius 2 is 2.36 bits per heavy atom. The number of hydrogen-bond donors (Lipinski definition) is 0. The van der Waals surface area contributed by atoms with Crippen LogP contribution >= 0.6 is 0 Å². The van der Waals surface area contributed by atoms with Crippen LogP contribution in [0.1, 0.15) is 5.56 Å². The molecular formula is C12H12O2. The zero-order chi connectivity index (χ0) is 10.4. The summed E-state index contributed by atoms with van der Waals surface area (Å²) in [7, 11) is 1.62. The maximum absolute atomic E-state index is 5.31. The average molecular weight is 188 g/mol. The second kappa shape index (κ2) is 4.98. The Morgan fingerprint density at radius 1 is 1.57 bits per heavy atom. The van der Waals surface area contributed by atoms with Gasteiger partial charge >= 0.3 is 0 Å². The molecule has 1 aromatic rings. The molecule has 1 aromatic carbocycles. The molecule has 2 heteroatoms. The third-order valence-electron chi connectivity index (χ3n) is 1.75. The highest BCUT2D eigenvalue weighted by Gasteiger charge is 2.01. The van der Waals surface area contributed by atoms with Crippen LogP contribution < -0.4 is 9.47 Å². The Kier molecular flexibility index (Phi) is 3.63. The fraction of sp³-hybridized carbons (Fsp3) is 0.167. The SMILES string of the molecule is C#CCOc1ccc(OC)cc1C=C. The van der Waals surface area contributed by atoms with Crippen LogP contribution in [0.25, 0.3) is 6.08 Å². The molecule has 0 spiro atoms. The summed E-state index contributed by atoms with van der Waals surface area (Å²) < 4.78 is 10.4. The van der Waals surface area contributed by atoms with E-state index in [1.165, 1.54) is 0 Å². The van der Waals surface area contributed by atoms with Crippen LogP contribution in [0.2, 0.25) is 0 Å². The minimum Gasteiger partial charge on any atom is -0.497 e. The van der Waals surface area contributed by atoms with Gasteiger partial charge in [-0.1, -0.05) is 18.6 Å². The van der Waals surface area contributed by atoms with Gasteiger partial charge in [0.1, 0.15) is 18.1 Å². The van der Waals surface area contributed by atoms with Crippen molar-refractivity contribution < 1.29 is 9.47 Å². The summed E-state index contributed by atoms with van der Waals surface area (Å²) in [5.74, 6) is 3.90. The fourth-order valence-electron chi connectivity index (χ4n) is 1.06. The molecule has 0 aromatic heterocycles. The summed E-state index contributed by atoms with van der Waals surface area (Å²) in [5.41, 5.74) is 0.875. The highest BCUT2D eigenvalue weighted by Crippen LogP contribution is 2.24. The maximum atomic E-state index is 5.31. The molecule has 0 aliphatic carbocycles. The first-order chi connectivity index (χ1) is 6.81. The number of benzene rings is 1. The monoisotopic (exact) mass is 188 g/mol. The largest absolute Gasteiger partial charge is 0.497 e. The predicted molar refractivity (Wildman–Crippen MR) is 57.4 cm³/mol. The lowest BCUT2D eigenvalue weighted by Crippen LogP contribution is -1.95. The molecule has 0 fully saturated rings. The Hall–Kier alpha value is -1.88. The molecule has 2 nitrogen and oxygen atoms in total. The smallest absolute Gasteiger partial charge is 0.148 e. The highest BCUT2D eigenvalue weighted by molar-refractivity contribution is 5.58. The first kappa shape index (κ1) is 10.2. The molecule has 0 aliphatic heterocycles. The zero-order valence-electron chi connectivity index (χ0n) is 8.12. The van der Waals surface area contributed by atoms with Crippen molar-refractivity contribution in [3.05, 3.63) is 30.3 Å². The maximum Gasteiger partial charge on any atom is 0.148 e. The Labute approximate surface area is 84.2 Å². The van der Waals surface area contributed by atoms with Crippen molar-refractivity contribution in [1.82, 2.24) is 0 Å². The second-order valence-corrected chi connectivity index (χ2v) is 2.60. The zero-order valence-corrected chi connectivity index (χ0v) is 8.12. The van der Waals surface area contributed by atoms with Gasteiger partial charge in [-0.25, -0.2) is 0 Å². The molecule has 0 amide bonds. The summed E-state index contributed by atoms with van der Waals surface area (Å²) in [4.78, 5) is 0. The van der Waals surface area contributed by atoms with Crippen molar-refractivity contribution in [2.24, 2.45) is 0 Å². The van der Waals surface area contributed by atoms with E-state index < -0.39 is 0 Å². The van der Waals surface area contributed by atoms with Gasteiger partial charge in [0.05, 0.1) is 7.11 Å². The van der Waals surface area contributed by atoms with E-state index in [0.29, 0.717) is 0 Å². The Balaban J connectivity index is 2.94. The van der Waals surface area contributed by atoms with Crippen LogP contribution in [0.15, 0.2) is 24.8 Å². The van der Waals surface area contributed by atoms with Crippen LogP contribution in [-0.2, 0) is 0 Å². The van der Waals surface area contributed by atoms with Gasteiger partial charge in [0.25, 0.3) is 0 Å². The second-order valence-electron chi connectivity index (χ2n) is 2.60. The molecule has 0 radical (unpaired) electrons. The van der Waals surface area contributed by atoms with Crippen LogP contribution in [0.3, 0.4) is 0 Å².